The fourth-order valence-electron chi connectivity index (χ4n) is 2.27. The van der Waals surface area contributed by atoms with Crippen molar-refractivity contribution < 1.29 is 14.3 Å². The van der Waals surface area contributed by atoms with Crippen LogP contribution in [0.4, 0.5) is 0 Å². The molecule has 4 heteroatoms. The van der Waals surface area contributed by atoms with Crippen LogP contribution in [0.25, 0.3) is 0 Å². The third-order valence-electron chi connectivity index (χ3n) is 3.39. The standard InChI is InChI=1S/C18H25NO3/c1-13(2)21-16-8-6-5-7-15(16)11-19-12-18(4,20)17-10-9-14(3)22-17/h5-10,13,19-20H,11-12H2,1-4H3. The Labute approximate surface area is 132 Å². The fraction of sp³-hybridized carbons (Fsp3) is 0.444. The van der Waals surface area contributed by atoms with Crippen LogP contribution in [0.15, 0.2) is 40.8 Å². The molecule has 120 valence electrons. The van der Waals surface area contributed by atoms with Crippen molar-refractivity contribution in [2.75, 3.05) is 6.54 Å². The van der Waals surface area contributed by atoms with Crippen molar-refractivity contribution in [3.05, 3.63) is 53.5 Å². The van der Waals surface area contributed by atoms with E-state index >= 15 is 0 Å². The van der Waals surface area contributed by atoms with Crippen LogP contribution in [-0.4, -0.2) is 17.8 Å². The van der Waals surface area contributed by atoms with Gasteiger partial charge in [-0.3, -0.25) is 0 Å². The second-order valence-electron chi connectivity index (χ2n) is 6.06. The minimum atomic E-state index is -1.04. The summed E-state index contributed by atoms with van der Waals surface area (Å²) >= 11 is 0. The Morgan fingerprint density at radius 1 is 1.23 bits per heavy atom. The van der Waals surface area contributed by atoms with Crippen molar-refractivity contribution in [3.63, 3.8) is 0 Å². The van der Waals surface area contributed by atoms with E-state index in [4.69, 9.17) is 9.15 Å². The highest BCUT2D eigenvalue weighted by Crippen LogP contribution is 2.23. The molecule has 0 saturated heterocycles. The Bertz CT molecular complexity index is 602. The molecule has 22 heavy (non-hydrogen) atoms. The van der Waals surface area contributed by atoms with Crippen LogP contribution in [0.2, 0.25) is 0 Å². The highest BCUT2D eigenvalue weighted by Gasteiger charge is 2.26. The highest BCUT2D eigenvalue weighted by molar-refractivity contribution is 5.33. The number of furan rings is 1. The minimum Gasteiger partial charge on any atom is -0.491 e. The molecule has 2 rings (SSSR count). The van der Waals surface area contributed by atoms with Crippen LogP contribution in [0.5, 0.6) is 5.75 Å². The fourth-order valence-corrected chi connectivity index (χ4v) is 2.27. The number of aliphatic hydroxyl groups is 1. The Morgan fingerprint density at radius 3 is 2.59 bits per heavy atom. The number of aryl methyl sites for hydroxylation is 1. The van der Waals surface area contributed by atoms with Gasteiger partial charge in [-0.15, -0.1) is 0 Å². The minimum absolute atomic E-state index is 0.135. The molecular weight excluding hydrogens is 278 g/mol. The first-order valence-corrected chi connectivity index (χ1v) is 7.63. The van der Waals surface area contributed by atoms with Crippen LogP contribution < -0.4 is 10.1 Å². The molecule has 2 N–H and O–H groups in total. The summed E-state index contributed by atoms with van der Waals surface area (Å²) in [7, 11) is 0. The number of nitrogens with one attached hydrogen (secondary N) is 1. The summed E-state index contributed by atoms with van der Waals surface area (Å²) in [4.78, 5) is 0. The normalized spacial score (nSPS) is 14.1. The third kappa shape index (κ3) is 4.36. The molecule has 1 heterocycles. The van der Waals surface area contributed by atoms with Gasteiger partial charge in [0.2, 0.25) is 0 Å². The number of benzene rings is 1. The summed E-state index contributed by atoms with van der Waals surface area (Å²) < 4.78 is 11.3. The number of ether oxygens (including phenoxy) is 1. The molecule has 0 spiro atoms. The second-order valence-corrected chi connectivity index (χ2v) is 6.06. The SMILES string of the molecule is Cc1ccc(C(C)(O)CNCc2ccccc2OC(C)C)o1. The van der Waals surface area contributed by atoms with Crippen LogP contribution in [0.1, 0.15) is 37.9 Å². The van der Waals surface area contributed by atoms with Gasteiger partial charge in [0.25, 0.3) is 0 Å². The molecule has 0 aliphatic heterocycles. The van der Waals surface area contributed by atoms with Gasteiger partial charge in [-0.25, -0.2) is 0 Å². The van der Waals surface area contributed by atoms with Crippen molar-refractivity contribution in [2.24, 2.45) is 0 Å². The maximum absolute atomic E-state index is 10.5. The van der Waals surface area contributed by atoms with Gasteiger partial charge in [0, 0.05) is 18.7 Å². The molecule has 1 aromatic heterocycles. The van der Waals surface area contributed by atoms with E-state index in [0.717, 1.165) is 17.1 Å². The maximum atomic E-state index is 10.5. The predicted molar refractivity (Wildman–Crippen MR) is 86.9 cm³/mol. The summed E-state index contributed by atoms with van der Waals surface area (Å²) in [6.07, 6.45) is 0.135. The maximum Gasteiger partial charge on any atom is 0.136 e. The number of rotatable bonds is 7. The van der Waals surface area contributed by atoms with E-state index in [2.05, 4.69) is 5.32 Å². The first kappa shape index (κ1) is 16.6. The van der Waals surface area contributed by atoms with E-state index < -0.39 is 5.60 Å². The van der Waals surface area contributed by atoms with Gasteiger partial charge < -0.3 is 19.6 Å². The van der Waals surface area contributed by atoms with Crippen LogP contribution in [-0.2, 0) is 12.1 Å². The molecule has 0 amide bonds. The van der Waals surface area contributed by atoms with Crippen LogP contribution in [0, 0.1) is 6.92 Å². The van der Waals surface area contributed by atoms with E-state index in [1.54, 1.807) is 6.92 Å². The van der Waals surface area contributed by atoms with E-state index in [1.807, 2.05) is 57.2 Å². The lowest BCUT2D eigenvalue weighted by Crippen LogP contribution is -2.34. The molecule has 0 bridgehead atoms. The van der Waals surface area contributed by atoms with Crippen molar-refractivity contribution in [1.29, 1.82) is 0 Å². The number of hydrogen-bond acceptors (Lipinski definition) is 4. The van der Waals surface area contributed by atoms with Gasteiger partial charge in [0.05, 0.1) is 6.10 Å². The highest BCUT2D eigenvalue weighted by atomic mass is 16.5. The molecule has 4 nitrogen and oxygen atoms in total. The second kappa shape index (κ2) is 6.99. The third-order valence-corrected chi connectivity index (χ3v) is 3.39. The Hall–Kier alpha value is -1.78. The largest absolute Gasteiger partial charge is 0.491 e. The van der Waals surface area contributed by atoms with Crippen molar-refractivity contribution in [2.45, 2.75) is 45.9 Å². The lowest BCUT2D eigenvalue weighted by molar-refractivity contribution is 0.0332. The summed E-state index contributed by atoms with van der Waals surface area (Å²) in [5.74, 6) is 2.24. The molecule has 1 atom stereocenters. The average molecular weight is 303 g/mol. The molecule has 0 radical (unpaired) electrons. The van der Waals surface area contributed by atoms with Crippen molar-refractivity contribution >= 4 is 0 Å². The lowest BCUT2D eigenvalue weighted by Gasteiger charge is -2.22. The Morgan fingerprint density at radius 2 is 1.95 bits per heavy atom. The molecule has 0 aliphatic rings. The first-order chi connectivity index (χ1) is 10.4. The van der Waals surface area contributed by atoms with Gasteiger partial charge in [-0.1, -0.05) is 18.2 Å². The molecular formula is C18H25NO3. The predicted octanol–water partition coefficient (Wildman–Crippen LogP) is 3.37. The Balaban J connectivity index is 1.96. The van der Waals surface area contributed by atoms with Gasteiger partial charge in [-0.05, 0) is 45.9 Å². The summed E-state index contributed by atoms with van der Waals surface area (Å²) in [6, 6.07) is 11.6. The monoisotopic (exact) mass is 303 g/mol. The van der Waals surface area contributed by atoms with E-state index in [-0.39, 0.29) is 6.10 Å². The zero-order valence-electron chi connectivity index (χ0n) is 13.7. The smallest absolute Gasteiger partial charge is 0.136 e. The van der Waals surface area contributed by atoms with Gasteiger partial charge >= 0.3 is 0 Å². The molecule has 0 fully saturated rings. The summed E-state index contributed by atoms with van der Waals surface area (Å²) in [6.45, 7) is 8.65. The van der Waals surface area contributed by atoms with Gasteiger partial charge in [0.1, 0.15) is 22.9 Å². The van der Waals surface area contributed by atoms with E-state index in [1.165, 1.54) is 0 Å². The zero-order valence-corrected chi connectivity index (χ0v) is 13.7. The van der Waals surface area contributed by atoms with E-state index in [0.29, 0.717) is 18.8 Å². The number of para-hydroxylation sites is 1. The average Bonchev–Trinajstić information content (AvgIpc) is 2.87. The van der Waals surface area contributed by atoms with Crippen molar-refractivity contribution in [1.82, 2.24) is 5.32 Å². The molecule has 1 aromatic carbocycles. The molecule has 0 aliphatic carbocycles. The first-order valence-electron chi connectivity index (χ1n) is 7.63. The van der Waals surface area contributed by atoms with Gasteiger partial charge in [0.15, 0.2) is 0 Å². The summed E-state index contributed by atoms with van der Waals surface area (Å²) in [5, 5.41) is 13.8. The molecule has 1 unspecified atom stereocenters. The van der Waals surface area contributed by atoms with Crippen LogP contribution >= 0.6 is 0 Å². The zero-order chi connectivity index (χ0) is 16.2. The molecule has 0 saturated carbocycles. The lowest BCUT2D eigenvalue weighted by atomic mass is 10.0. The summed E-state index contributed by atoms with van der Waals surface area (Å²) in [5.41, 5.74) is 0.0323. The topological polar surface area (TPSA) is 54.6 Å². The van der Waals surface area contributed by atoms with Gasteiger partial charge in [-0.2, -0.15) is 0 Å². The van der Waals surface area contributed by atoms with E-state index in [9.17, 15) is 5.11 Å². The van der Waals surface area contributed by atoms with Crippen LogP contribution in [0.3, 0.4) is 0 Å². The Kier molecular flexibility index (Phi) is 5.27. The quantitative estimate of drug-likeness (QED) is 0.823. The van der Waals surface area contributed by atoms with Crippen molar-refractivity contribution in [3.8, 4) is 5.75 Å². The number of hydrogen-bond donors (Lipinski definition) is 2. The molecule has 2 aromatic rings.